The molecule has 3 aromatic rings. The van der Waals surface area contributed by atoms with Crippen molar-refractivity contribution in [1.29, 1.82) is 0 Å². The minimum Gasteiger partial charge on any atom is -0.395 e. The number of aliphatic hydroxyl groups is 1. The van der Waals surface area contributed by atoms with Gasteiger partial charge in [-0.1, -0.05) is 12.1 Å². The van der Waals surface area contributed by atoms with Gasteiger partial charge in [-0.05, 0) is 37.3 Å². The van der Waals surface area contributed by atoms with Gasteiger partial charge in [0.05, 0.1) is 39.9 Å². The van der Waals surface area contributed by atoms with Gasteiger partial charge >= 0.3 is 0 Å². The smallest absolute Gasteiger partial charge is 0.267 e. The van der Waals surface area contributed by atoms with Crippen LogP contribution < -0.4 is 11.3 Å². The van der Waals surface area contributed by atoms with Crippen LogP contribution in [0.15, 0.2) is 52.2 Å². The second kappa shape index (κ2) is 7.18. The van der Waals surface area contributed by atoms with E-state index in [0.717, 1.165) is 10.6 Å². The first-order valence-corrected chi connectivity index (χ1v) is 9.82. The van der Waals surface area contributed by atoms with E-state index in [1.807, 2.05) is 0 Å². The van der Waals surface area contributed by atoms with Crippen LogP contribution in [0.4, 0.5) is 4.39 Å². The van der Waals surface area contributed by atoms with Crippen LogP contribution in [-0.2, 0) is 9.84 Å². The molecule has 9 heteroatoms. The second-order valence-electron chi connectivity index (χ2n) is 6.07. The van der Waals surface area contributed by atoms with Crippen molar-refractivity contribution in [2.24, 2.45) is 5.73 Å². The van der Waals surface area contributed by atoms with E-state index in [1.165, 1.54) is 36.4 Å². The Morgan fingerprint density at radius 3 is 2.59 bits per heavy atom. The molecule has 0 aliphatic heterocycles. The van der Waals surface area contributed by atoms with Crippen LogP contribution in [0.2, 0.25) is 0 Å². The quantitative estimate of drug-likeness (QED) is 0.678. The van der Waals surface area contributed by atoms with E-state index < -0.39 is 39.6 Å². The molecule has 0 spiro atoms. The summed E-state index contributed by atoms with van der Waals surface area (Å²) >= 11 is 0. The summed E-state index contributed by atoms with van der Waals surface area (Å²) in [5.41, 5.74) is 5.64. The molecule has 27 heavy (non-hydrogen) atoms. The van der Waals surface area contributed by atoms with E-state index in [2.05, 4.69) is 4.98 Å². The first-order chi connectivity index (χ1) is 12.8. The van der Waals surface area contributed by atoms with Crippen molar-refractivity contribution < 1.29 is 17.9 Å². The Labute approximate surface area is 154 Å². The lowest BCUT2D eigenvalue weighted by Crippen LogP contribution is -2.28. The lowest BCUT2D eigenvalue weighted by Gasteiger charge is -2.17. The first kappa shape index (κ1) is 19.2. The zero-order valence-electron chi connectivity index (χ0n) is 14.5. The number of halogens is 1. The van der Waals surface area contributed by atoms with Crippen LogP contribution in [0.25, 0.3) is 16.6 Å². The van der Waals surface area contributed by atoms with E-state index >= 15 is 0 Å². The number of aromatic nitrogens is 2. The van der Waals surface area contributed by atoms with E-state index in [0.29, 0.717) is 0 Å². The summed E-state index contributed by atoms with van der Waals surface area (Å²) in [5, 5.41) is 8.92. The fourth-order valence-corrected chi connectivity index (χ4v) is 4.13. The van der Waals surface area contributed by atoms with Crippen LogP contribution >= 0.6 is 0 Å². The molecule has 0 aliphatic carbocycles. The van der Waals surface area contributed by atoms with Crippen molar-refractivity contribution in [3.63, 3.8) is 0 Å². The monoisotopic (exact) mass is 391 g/mol. The molecule has 7 nitrogen and oxygen atoms in total. The highest BCUT2D eigenvalue weighted by Gasteiger charge is 2.23. The first-order valence-electron chi connectivity index (χ1n) is 8.17. The van der Waals surface area contributed by atoms with Crippen molar-refractivity contribution in [2.75, 3.05) is 12.4 Å². The number of hydrogen-bond acceptors (Lipinski definition) is 6. The van der Waals surface area contributed by atoms with Gasteiger partial charge in [-0.25, -0.2) is 17.8 Å². The molecule has 0 bridgehead atoms. The van der Waals surface area contributed by atoms with Gasteiger partial charge in [0.15, 0.2) is 9.84 Å². The Morgan fingerprint density at radius 2 is 1.96 bits per heavy atom. The molecule has 0 fully saturated rings. The van der Waals surface area contributed by atoms with Crippen LogP contribution in [0.3, 0.4) is 0 Å². The Morgan fingerprint density at radius 1 is 1.26 bits per heavy atom. The number of fused-ring (bicyclic) bond motifs is 1. The molecule has 1 heterocycles. The van der Waals surface area contributed by atoms with E-state index in [1.54, 1.807) is 6.92 Å². The number of benzene rings is 2. The van der Waals surface area contributed by atoms with Crippen molar-refractivity contribution in [1.82, 2.24) is 9.55 Å². The van der Waals surface area contributed by atoms with Crippen LogP contribution in [0.5, 0.6) is 0 Å². The van der Waals surface area contributed by atoms with Crippen LogP contribution in [-0.4, -0.2) is 35.4 Å². The highest BCUT2D eigenvalue weighted by Crippen LogP contribution is 2.23. The molecular formula is C18H18FN3O4S. The maximum atomic E-state index is 13.7. The predicted molar refractivity (Wildman–Crippen MR) is 99.0 cm³/mol. The largest absolute Gasteiger partial charge is 0.395 e. The summed E-state index contributed by atoms with van der Waals surface area (Å²) in [4.78, 5) is 17.4. The fraction of sp³-hybridized carbons (Fsp3) is 0.222. The van der Waals surface area contributed by atoms with Gasteiger partial charge in [-0.15, -0.1) is 0 Å². The summed E-state index contributed by atoms with van der Waals surface area (Å²) < 4.78 is 39.8. The minimum absolute atomic E-state index is 0.125. The molecule has 3 N–H and O–H groups in total. The van der Waals surface area contributed by atoms with Gasteiger partial charge < -0.3 is 10.8 Å². The molecule has 2 aromatic carbocycles. The van der Waals surface area contributed by atoms with E-state index in [-0.39, 0.29) is 27.3 Å². The number of rotatable bonds is 5. The molecule has 1 unspecified atom stereocenters. The summed E-state index contributed by atoms with van der Waals surface area (Å²) in [6, 6.07) is 8.92. The third-order valence-corrected chi connectivity index (χ3v) is 5.78. The number of nitrogens with zero attached hydrogens (tertiary/aromatic N) is 2. The van der Waals surface area contributed by atoms with Gasteiger partial charge in [-0.3, -0.25) is 9.36 Å². The minimum atomic E-state index is -3.91. The summed E-state index contributed by atoms with van der Waals surface area (Å²) in [5.74, 6) is -0.910. The number of aliphatic hydroxyl groups excluding tert-OH is 1. The molecule has 0 saturated carbocycles. The molecule has 142 valence electrons. The normalized spacial score (nSPS) is 13.0. The van der Waals surface area contributed by atoms with Crippen molar-refractivity contribution >= 4 is 20.7 Å². The number of sulfone groups is 1. The lowest BCUT2D eigenvalue weighted by atomic mass is 10.2. The van der Waals surface area contributed by atoms with Gasteiger partial charge in [0.25, 0.3) is 5.56 Å². The number of nitrogens with two attached hydrogens (primary N) is 1. The average Bonchev–Trinajstić information content (AvgIpc) is 2.60. The molecule has 0 aliphatic rings. The van der Waals surface area contributed by atoms with Crippen LogP contribution in [0, 0.1) is 5.82 Å². The molecule has 0 amide bonds. The average molecular weight is 391 g/mol. The predicted octanol–water partition coefficient (Wildman–Crippen LogP) is 1.31. The van der Waals surface area contributed by atoms with Gasteiger partial charge in [0.1, 0.15) is 11.6 Å². The summed E-state index contributed by atoms with van der Waals surface area (Å²) in [6.07, 6.45) is 0. The Balaban J connectivity index is 2.47. The van der Waals surface area contributed by atoms with Gasteiger partial charge in [0.2, 0.25) is 0 Å². The van der Waals surface area contributed by atoms with Crippen molar-refractivity contribution in [3.8, 4) is 5.69 Å². The van der Waals surface area contributed by atoms with Crippen molar-refractivity contribution in [3.05, 3.63) is 64.5 Å². The van der Waals surface area contributed by atoms with Gasteiger partial charge in [0, 0.05) is 0 Å². The Hall–Kier alpha value is -2.62. The topological polar surface area (TPSA) is 115 Å². The molecular weight excluding hydrogens is 373 g/mol. The van der Waals surface area contributed by atoms with Crippen LogP contribution in [0.1, 0.15) is 18.8 Å². The molecule has 3 rings (SSSR count). The standard InChI is InChI=1S/C18H18FN3O4S/c1-11(20)17-21-14-6-3-7-15(27(25,26)9-8-23)16(14)18(24)22(17)13-5-2-4-12(19)10-13/h2-7,10-11,23H,8-9,20H2,1H3. The lowest BCUT2D eigenvalue weighted by molar-refractivity contribution is 0.319. The number of hydrogen-bond donors (Lipinski definition) is 2. The molecule has 0 radical (unpaired) electrons. The zero-order chi connectivity index (χ0) is 19.8. The summed E-state index contributed by atoms with van der Waals surface area (Å²) in [7, 11) is -3.91. The van der Waals surface area contributed by atoms with Crippen molar-refractivity contribution in [2.45, 2.75) is 17.9 Å². The summed E-state index contributed by atoms with van der Waals surface area (Å²) in [6.45, 7) is 1.04. The third kappa shape index (κ3) is 3.48. The molecule has 1 atom stereocenters. The maximum Gasteiger partial charge on any atom is 0.267 e. The van der Waals surface area contributed by atoms with Gasteiger partial charge in [-0.2, -0.15) is 0 Å². The maximum absolute atomic E-state index is 13.7. The third-order valence-electron chi connectivity index (χ3n) is 4.05. The molecule has 0 saturated heterocycles. The zero-order valence-corrected chi connectivity index (χ0v) is 15.3. The van der Waals surface area contributed by atoms with E-state index in [9.17, 15) is 17.6 Å². The second-order valence-corrected chi connectivity index (χ2v) is 8.15. The SMILES string of the molecule is CC(N)c1nc2cccc(S(=O)(=O)CCO)c2c(=O)n1-c1cccc(F)c1. The molecule has 1 aromatic heterocycles. The highest BCUT2D eigenvalue weighted by molar-refractivity contribution is 7.91. The highest BCUT2D eigenvalue weighted by atomic mass is 32.2. The fourth-order valence-electron chi connectivity index (χ4n) is 2.88. The van der Waals surface area contributed by atoms with E-state index in [4.69, 9.17) is 10.8 Å². The Kier molecular flexibility index (Phi) is 5.09. The Bertz CT molecular complexity index is 1170.